The second kappa shape index (κ2) is 6.45. The molecule has 3 rings (SSSR count). The fourth-order valence-corrected chi connectivity index (χ4v) is 2.08. The maximum atomic E-state index is 11.8. The molecule has 0 aliphatic rings. The smallest absolute Gasteiger partial charge is 0.244 e. The van der Waals surface area contributed by atoms with Gasteiger partial charge < -0.3 is 9.73 Å². The Morgan fingerprint density at radius 2 is 1.95 bits per heavy atom. The highest BCUT2D eigenvalue weighted by Crippen LogP contribution is 2.15. The number of hydrogen-bond donors (Lipinski definition) is 1. The normalized spacial score (nSPS) is 11.1. The van der Waals surface area contributed by atoms with Gasteiger partial charge in [0.15, 0.2) is 5.58 Å². The number of carbonyl (C=O) groups is 1. The molecule has 0 unspecified atom stereocenters. The van der Waals surface area contributed by atoms with Gasteiger partial charge in [-0.15, -0.1) is 0 Å². The van der Waals surface area contributed by atoms with Gasteiger partial charge >= 0.3 is 0 Å². The van der Waals surface area contributed by atoms with E-state index in [-0.39, 0.29) is 5.91 Å². The van der Waals surface area contributed by atoms with Crippen molar-refractivity contribution in [1.29, 1.82) is 0 Å². The average Bonchev–Trinajstić information content (AvgIpc) is 2.95. The second-order valence-electron chi connectivity index (χ2n) is 4.70. The fourth-order valence-electron chi connectivity index (χ4n) is 1.96. The quantitative estimate of drug-likeness (QED) is 0.745. The molecule has 0 fully saturated rings. The number of carbonyl (C=O) groups excluding carboxylic acids is 1. The maximum absolute atomic E-state index is 11.8. The zero-order valence-electron chi connectivity index (χ0n) is 11.6. The number of nitrogens with zero attached hydrogens (tertiary/aromatic N) is 1. The number of rotatable bonds is 4. The Balaban J connectivity index is 1.59. The fraction of sp³-hybridized carbons (Fsp3) is 0.0588. The van der Waals surface area contributed by atoms with Gasteiger partial charge in [-0.25, -0.2) is 4.98 Å². The number of fused-ring (bicyclic) bond motifs is 1. The van der Waals surface area contributed by atoms with Gasteiger partial charge in [-0.3, -0.25) is 4.79 Å². The van der Waals surface area contributed by atoms with Crippen LogP contribution >= 0.6 is 11.6 Å². The van der Waals surface area contributed by atoms with Gasteiger partial charge in [-0.1, -0.05) is 35.9 Å². The molecule has 0 atom stereocenters. The van der Waals surface area contributed by atoms with E-state index >= 15 is 0 Å². The predicted octanol–water partition coefficient (Wildman–Crippen LogP) is 3.81. The van der Waals surface area contributed by atoms with E-state index in [9.17, 15) is 4.79 Å². The Bertz CT molecular complexity index is 789. The lowest BCUT2D eigenvalue weighted by atomic mass is 10.2. The van der Waals surface area contributed by atoms with Crippen LogP contribution in [-0.2, 0) is 11.3 Å². The van der Waals surface area contributed by atoms with Crippen molar-refractivity contribution >= 4 is 34.7 Å². The number of para-hydroxylation sites is 2. The van der Waals surface area contributed by atoms with Crippen LogP contribution in [0.15, 0.2) is 59.0 Å². The van der Waals surface area contributed by atoms with Crippen LogP contribution in [0.5, 0.6) is 0 Å². The third-order valence-electron chi connectivity index (χ3n) is 3.07. The first kappa shape index (κ1) is 14.4. The first-order chi connectivity index (χ1) is 10.7. The molecule has 1 amide bonds. The van der Waals surface area contributed by atoms with Crippen molar-refractivity contribution in [3.63, 3.8) is 0 Å². The molecule has 4 nitrogen and oxygen atoms in total. The van der Waals surface area contributed by atoms with Crippen molar-refractivity contribution in [2.75, 3.05) is 0 Å². The Labute approximate surface area is 132 Å². The highest BCUT2D eigenvalue weighted by molar-refractivity contribution is 6.30. The standard InChI is InChI=1S/C17H13ClN2O2/c18-13-7-5-12(6-8-13)11-19-16(21)9-10-17-20-14-3-1-2-4-15(14)22-17/h1-10H,11H2,(H,19,21)/b10-9+. The lowest BCUT2D eigenvalue weighted by Crippen LogP contribution is -2.20. The molecule has 0 aliphatic heterocycles. The molecule has 0 saturated heterocycles. The van der Waals surface area contributed by atoms with Crippen LogP contribution in [0.4, 0.5) is 0 Å². The zero-order valence-corrected chi connectivity index (χ0v) is 12.4. The summed E-state index contributed by atoms with van der Waals surface area (Å²) in [5, 5.41) is 3.46. The minimum Gasteiger partial charge on any atom is -0.437 e. The van der Waals surface area contributed by atoms with Gasteiger partial charge in [-0.2, -0.15) is 0 Å². The van der Waals surface area contributed by atoms with Crippen molar-refractivity contribution in [3.8, 4) is 0 Å². The molecule has 1 N–H and O–H groups in total. The van der Waals surface area contributed by atoms with Crippen LogP contribution in [0.3, 0.4) is 0 Å². The largest absolute Gasteiger partial charge is 0.437 e. The number of nitrogens with one attached hydrogen (secondary N) is 1. The summed E-state index contributed by atoms with van der Waals surface area (Å²) in [6, 6.07) is 14.8. The number of halogens is 1. The molecule has 1 heterocycles. The van der Waals surface area contributed by atoms with Gasteiger partial charge in [0, 0.05) is 23.7 Å². The van der Waals surface area contributed by atoms with Crippen molar-refractivity contribution in [3.05, 3.63) is 71.1 Å². The molecular formula is C17H13ClN2O2. The van der Waals surface area contributed by atoms with Crippen molar-refractivity contribution in [2.24, 2.45) is 0 Å². The minimum atomic E-state index is -0.211. The van der Waals surface area contributed by atoms with E-state index in [0.29, 0.717) is 23.0 Å². The van der Waals surface area contributed by atoms with Crippen molar-refractivity contribution in [1.82, 2.24) is 10.3 Å². The third kappa shape index (κ3) is 3.54. The predicted molar refractivity (Wildman–Crippen MR) is 86.3 cm³/mol. The molecule has 0 radical (unpaired) electrons. The van der Waals surface area contributed by atoms with Gasteiger partial charge in [0.05, 0.1) is 0 Å². The SMILES string of the molecule is O=C(/C=C/c1nc2ccccc2o1)NCc1ccc(Cl)cc1. The topological polar surface area (TPSA) is 55.1 Å². The van der Waals surface area contributed by atoms with Crippen LogP contribution in [0.25, 0.3) is 17.2 Å². The summed E-state index contributed by atoms with van der Waals surface area (Å²) in [7, 11) is 0. The monoisotopic (exact) mass is 312 g/mol. The third-order valence-corrected chi connectivity index (χ3v) is 3.32. The summed E-state index contributed by atoms with van der Waals surface area (Å²) >= 11 is 5.81. The van der Waals surface area contributed by atoms with E-state index in [2.05, 4.69) is 10.3 Å². The molecule has 110 valence electrons. The Hall–Kier alpha value is -2.59. The van der Waals surface area contributed by atoms with E-state index in [0.717, 1.165) is 11.1 Å². The number of hydrogen-bond acceptors (Lipinski definition) is 3. The summed E-state index contributed by atoms with van der Waals surface area (Å²) in [6.45, 7) is 0.438. The number of oxazole rings is 1. The van der Waals surface area contributed by atoms with Gasteiger partial charge in [-0.05, 0) is 29.8 Å². The van der Waals surface area contributed by atoms with Crippen LogP contribution in [0.1, 0.15) is 11.5 Å². The average molecular weight is 313 g/mol. The first-order valence-electron chi connectivity index (χ1n) is 6.77. The number of aromatic nitrogens is 1. The molecule has 3 aromatic rings. The summed E-state index contributed by atoms with van der Waals surface area (Å²) in [4.78, 5) is 16.0. The van der Waals surface area contributed by atoms with Crippen LogP contribution < -0.4 is 5.32 Å². The molecular weight excluding hydrogens is 300 g/mol. The molecule has 2 aromatic carbocycles. The van der Waals surface area contributed by atoms with Gasteiger partial charge in [0.2, 0.25) is 11.8 Å². The summed E-state index contributed by atoms with van der Waals surface area (Å²) in [6.07, 6.45) is 2.96. The Morgan fingerprint density at radius 1 is 1.18 bits per heavy atom. The van der Waals surface area contributed by atoms with Crippen LogP contribution in [0.2, 0.25) is 5.02 Å². The zero-order chi connectivity index (χ0) is 15.4. The first-order valence-corrected chi connectivity index (χ1v) is 7.14. The maximum Gasteiger partial charge on any atom is 0.244 e. The Kier molecular flexibility index (Phi) is 4.21. The van der Waals surface area contributed by atoms with Crippen LogP contribution in [-0.4, -0.2) is 10.9 Å². The summed E-state index contributed by atoms with van der Waals surface area (Å²) < 4.78 is 5.50. The van der Waals surface area contributed by atoms with Crippen molar-refractivity contribution in [2.45, 2.75) is 6.54 Å². The molecule has 5 heteroatoms. The van der Waals surface area contributed by atoms with E-state index in [1.54, 1.807) is 18.2 Å². The van der Waals surface area contributed by atoms with Crippen molar-refractivity contribution < 1.29 is 9.21 Å². The minimum absolute atomic E-state index is 0.211. The number of amides is 1. The number of benzene rings is 2. The highest BCUT2D eigenvalue weighted by Gasteiger charge is 2.02. The van der Waals surface area contributed by atoms with Gasteiger partial charge in [0.1, 0.15) is 5.52 Å². The van der Waals surface area contributed by atoms with E-state index in [1.165, 1.54) is 6.08 Å². The lowest BCUT2D eigenvalue weighted by Gasteiger charge is -2.02. The lowest BCUT2D eigenvalue weighted by molar-refractivity contribution is -0.116. The van der Waals surface area contributed by atoms with E-state index in [4.69, 9.17) is 16.0 Å². The molecule has 0 saturated carbocycles. The van der Waals surface area contributed by atoms with E-state index in [1.807, 2.05) is 36.4 Å². The second-order valence-corrected chi connectivity index (χ2v) is 5.13. The molecule has 1 aromatic heterocycles. The summed E-state index contributed by atoms with van der Waals surface area (Å²) in [5.74, 6) is 0.194. The summed E-state index contributed by atoms with van der Waals surface area (Å²) in [5.41, 5.74) is 2.44. The van der Waals surface area contributed by atoms with Gasteiger partial charge in [0.25, 0.3) is 0 Å². The van der Waals surface area contributed by atoms with E-state index < -0.39 is 0 Å². The van der Waals surface area contributed by atoms with Crippen LogP contribution in [0, 0.1) is 0 Å². The molecule has 22 heavy (non-hydrogen) atoms. The molecule has 0 spiro atoms. The molecule has 0 bridgehead atoms. The Morgan fingerprint density at radius 3 is 2.73 bits per heavy atom. The molecule has 0 aliphatic carbocycles. The highest BCUT2D eigenvalue weighted by atomic mass is 35.5.